The summed E-state index contributed by atoms with van der Waals surface area (Å²) < 4.78 is 27.6. The Kier molecular flexibility index (Phi) is 5.37. The van der Waals surface area contributed by atoms with Crippen molar-refractivity contribution in [2.75, 3.05) is 27.2 Å². The van der Waals surface area contributed by atoms with E-state index in [1.165, 1.54) is 20.5 Å². The summed E-state index contributed by atoms with van der Waals surface area (Å²) in [5, 5.41) is 4.75. The number of aryl methyl sites for hydroxylation is 1. The van der Waals surface area contributed by atoms with E-state index in [1.807, 2.05) is 13.0 Å². The molecule has 6 nitrogen and oxygen atoms in total. The van der Waals surface area contributed by atoms with Crippen molar-refractivity contribution in [1.82, 2.24) is 14.5 Å². The Morgan fingerprint density at radius 1 is 1.39 bits per heavy atom. The van der Waals surface area contributed by atoms with Crippen LogP contribution in [-0.2, 0) is 10.0 Å². The summed E-state index contributed by atoms with van der Waals surface area (Å²) in [6.07, 6.45) is 0. The Hall–Kier alpha value is -1.12. The zero-order valence-corrected chi connectivity index (χ0v) is 15.9. The SMILES string of the molecule is Cc1ccsc1S(=O)(=O)N1CC(NC(=O)N(C)C)C(C(C)C)C1. The van der Waals surface area contributed by atoms with E-state index in [2.05, 4.69) is 19.2 Å². The first-order valence-electron chi connectivity index (χ1n) is 7.66. The van der Waals surface area contributed by atoms with Crippen molar-refractivity contribution in [2.45, 2.75) is 31.0 Å². The molecule has 1 fully saturated rings. The molecule has 8 heteroatoms. The van der Waals surface area contributed by atoms with Gasteiger partial charge in [-0.3, -0.25) is 0 Å². The molecule has 2 rings (SSSR count). The maximum absolute atomic E-state index is 12.9. The van der Waals surface area contributed by atoms with Crippen molar-refractivity contribution in [1.29, 1.82) is 0 Å². The van der Waals surface area contributed by atoms with Gasteiger partial charge in [-0.05, 0) is 35.8 Å². The van der Waals surface area contributed by atoms with Gasteiger partial charge in [-0.2, -0.15) is 4.31 Å². The van der Waals surface area contributed by atoms with Crippen molar-refractivity contribution < 1.29 is 13.2 Å². The summed E-state index contributed by atoms with van der Waals surface area (Å²) >= 11 is 1.25. The normalized spacial score (nSPS) is 22.5. The van der Waals surface area contributed by atoms with E-state index in [0.29, 0.717) is 17.3 Å². The van der Waals surface area contributed by atoms with Crippen LogP contribution < -0.4 is 5.32 Å². The van der Waals surface area contributed by atoms with Gasteiger partial charge in [0.2, 0.25) is 0 Å². The highest BCUT2D eigenvalue weighted by Gasteiger charge is 2.42. The molecular weight excluding hydrogens is 334 g/mol. The van der Waals surface area contributed by atoms with E-state index in [1.54, 1.807) is 19.5 Å². The minimum atomic E-state index is -3.49. The number of hydrogen-bond donors (Lipinski definition) is 1. The molecule has 0 aromatic carbocycles. The summed E-state index contributed by atoms with van der Waals surface area (Å²) in [5.74, 6) is 0.390. The second kappa shape index (κ2) is 6.78. The molecule has 1 aromatic rings. The van der Waals surface area contributed by atoms with Gasteiger partial charge >= 0.3 is 6.03 Å². The predicted octanol–water partition coefficient (Wildman–Crippen LogP) is 1.97. The Bertz CT molecular complexity index is 667. The topological polar surface area (TPSA) is 69.7 Å². The first-order valence-corrected chi connectivity index (χ1v) is 9.98. The number of hydrogen-bond acceptors (Lipinski definition) is 4. The summed E-state index contributed by atoms with van der Waals surface area (Å²) in [6.45, 7) is 6.69. The first-order chi connectivity index (χ1) is 10.6. The fraction of sp³-hybridized carbons (Fsp3) is 0.667. The van der Waals surface area contributed by atoms with Gasteiger partial charge in [0.1, 0.15) is 4.21 Å². The first kappa shape index (κ1) is 18.2. The van der Waals surface area contributed by atoms with Crippen LogP contribution in [0.3, 0.4) is 0 Å². The van der Waals surface area contributed by atoms with Gasteiger partial charge in [0.15, 0.2) is 0 Å². The van der Waals surface area contributed by atoms with Crippen LogP contribution in [0.25, 0.3) is 0 Å². The molecule has 23 heavy (non-hydrogen) atoms. The van der Waals surface area contributed by atoms with Gasteiger partial charge in [0.25, 0.3) is 10.0 Å². The van der Waals surface area contributed by atoms with E-state index in [-0.39, 0.29) is 23.9 Å². The Morgan fingerprint density at radius 2 is 2.04 bits per heavy atom. The molecule has 2 atom stereocenters. The molecule has 1 aliphatic rings. The zero-order chi connectivity index (χ0) is 17.4. The number of amides is 2. The summed E-state index contributed by atoms with van der Waals surface area (Å²) in [4.78, 5) is 13.4. The number of carbonyl (C=O) groups is 1. The lowest BCUT2D eigenvalue weighted by atomic mass is 9.91. The third kappa shape index (κ3) is 3.70. The molecule has 1 N–H and O–H groups in total. The van der Waals surface area contributed by atoms with E-state index >= 15 is 0 Å². The summed E-state index contributed by atoms with van der Waals surface area (Å²) in [6, 6.07) is 1.46. The van der Waals surface area contributed by atoms with Crippen molar-refractivity contribution in [2.24, 2.45) is 11.8 Å². The molecule has 2 amide bonds. The third-order valence-electron chi connectivity index (χ3n) is 4.29. The second-order valence-corrected chi connectivity index (χ2v) is 9.62. The average Bonchev–Trinajstić information content (AvgIpc) is 3.05. The molecule has 0 bridgehead atoms. The molecule has 2 heterocycles. The van der Waals surface area contributed by atoms with E-state index in [9.17, 15) is 13.2 Å². The van der Waals surface area contributed by atoms with Crippen LogP contribution in [0.5, 0.6) is 0 Å². The van der Waals surface area contributed by atoms with E-state index in [0.717, 1.165) is 5.56 Å². The Labute approximate surface area is 142 Å². The lowest BCUT2D eigenvalue weighted by Gasteiger charge is -2.24. The van der Waals surface area contributed by atoms with Crippen molar-refractivity contribution in [3.63, 3.8) is 0 Å². The minimum Gasteiger partial charge on any atom is -0.334 e. The number of nitrogens with one attached hydrogen (secondary N) is 1. The minimum absolute atomic E-state index is 0.106. The molecular formula is C15H25N3O3S2. The highest BCUT2D eigenvalue weighted by Crippen LogP contribution is 2.32. The van der Waals surface area contributed by atoms with Crippen molar-refractivity contribution in [3.05, 3.63) is 17.0 Å². The molecule has 2 unspecified atom stereocenters. The fourth-order valence-electron chi connectivity index (χ4n) is 2.84. The highest BCUT2D eigenvalue weighted by molar-refractivity contribution is 7.91. The average molecular weight is 360 g/mol. The lowest BCUT2D eigenvalue weighted by molar-refractivity contribution is 0.207. The molecule has 0 radical (unpaired) electrons. The Morgan fingerprint density at radius 3 is 2.52 bits per heavy atom. The van der Waals surface area contributed by atoms with E-state index < -0.39 is 10.0 Å². The Balaban J connectivity index is 2.23. The second-order valence-electron chi connectivity index (χ2n) is 6.57. The van der Waals surface area contributed by atoms with Crippen molar-refractivity contribution in [3.8, 4) is 0 Å². The van der Waals surface area contributed by atoms with Crippen LogP contribution in [0.1, 0.15) is 19.4 Å². The van der Waals surface area contributed by atoms with Crippen LogP contribution in [0.2, 0.25) is 0 Å². The molecule has 0 aliphatic carbocycles. The highest BCUT2D eigenvalue weighted by atomic mass is 32.2. The number of carbonyl (C=O) groups excluding carboxylic acids is 1. The fourth-order valence-corrected chi connectivity index (χ4v) is 5.90. The van der Waals surface area contributed by atoms with Gasteiger partial charge < -0.3 is 10.2 Å². The third-order valence-corrected chi connectivity index (χ3v) is 7.79. The number of rotatable bonds is 4. The lowest BCUT2D eigenvalue weighted by Crippen LogP contribution is -2.46. The molecule has 1 aliphatic heterocycles. The van der Waals surface area contributed by atoms with Crippen LogP contribution in [0, 0.1) is 18.8 Å². The molecule has 0 saturated carbocycles. The molecule has 130 valence electrons. The number of sulfonamides is 1. The molecule has 1 saturated heterocycles. The van der Waals surface area contributed by atoms with Crippen LogP contribution in [0.15, 0.2) is 15.7 Å². The summed E-state index contributed by atoms with van der Waals surface area (Å²) in [5.41, 5.74) is 0.775. The number of nitrogens with zero attached hydrogens (tertiary/aromatic N) is 2. The van der Waals surface area contributed by atoms with Gasteiger partial charge in [-0.25, -0.2) is 13.2 Å². The standard InChI is InChI=1S/C15H25N3O3S2/c1-10(2)12-8-18(9-13(12)16-15(19)17(4)5)23(20,21)14-11(3)6-7-22-14/h6-7,10,12-13H,8-9H2,1-5H3,(H,16,19). The maximum atomic E-state index is 12.9. The number of urea groups is 1. The quantitative estimate of drug-likeness (QED) is 0.893. The molecule has 0 spiro atoms. The summed E-state index contributed by atoms with van der Waals surface area (Å²) in [7, 11) is -0.137. The van der Waals surface area contributed by atoms with E-state index in [4.69, 9.17) is 0 Å². The van der Waals surface area contributed by atoms with Gasteiger partial charge in [-0.1, -0.05) is 13.8 Å². The predicted molar refractivity (Wildman–Crippen MR) is 92.1 cm³/mol. The van der Waals surface area contributed by atoms with Gasteiger partial charge in [0.05, 0.1) is 0 Å². The largest absolute Gasteiger partial charge is 0.334 e. The number of thiophene rings is 1. The van der Waals surface area contributed by atoms with Crippen LogP contribution in [-0.4, -0.2) is 56.9 Å². The van der Waals surface area contributed by atoms with Crippen LogP contribution in [0.4, 0.5) is 4.79 Å². The maximum Gasteiger partial charge on any atom is 0.317 e. The van der Waals surface area contributed by atoms with Crippen LogP contribution >= 0.6 is 11.3 Å². The monoisotopic (exact) mass is 359 g/mol. The van der Waals surface area contributed by atoms with Crippen molar-refractivity contribution >= 4 is 27.4 Å². The molecule has 1 aromatic heterocycles. The zero-order valence-electron chi connectivity index (χ0n) is 14.2. The van der Waals surface area contributed by atoms with Gasteiger partial charge in [-0.15, -0.1) is 11.3 Å². The smallest absolute Gasteiger partial charge is 0.317 e. The van der Waals surface area contributed by atoms with Gasteiger partial charge in [0, 0.05) is 33.2 Å².